The molecule has 11 nitrogen and oxygen atoms in total. The minimum Gasteiger partial charge on any atom is -0.480 e. The molecule has 2 aromatic heterocycles. The number of carboxylic acids is 1. The van der Waals surface area contributed by atoms with Crippen LogP contribution in [0.1, 0.15) is 48.1 Å². The number of benzene rings is 2. The molecule has 2 heterocycles. The predicted octanol–water partition coefficient (Wildman–Crippen LogP) is 4.16. The van der Waals surface area contributed by atoms with E-state index in [-0.39, 0.29) is 24.5 Å². The van der Waals surface area contributed by atoms with E-state index in [2.05, 4.69) is 16.0 Å². The van der Waals surface area contributed by atoms with E-state index < -0.39 is 47.9 Å². The summed E-state index contributed by atoms with van der Waals surface area (Å²) in [7, 11) is 0. The van der Waals surface area contributed by atoms with E-state index in [0.29, 0.717) is 28.0 Å². The first-order valence-electron chi connectivity index (χ1n) is 15.0. The SMILES string of the molecule is Cc1coc2c(C)c3oc(=O)c(CCC(=O)NCC(=O)N[C@@H](C(=O)N[C@H](CSCc4ccccc4)C(=O)O)C(C)C)c(C)c3cc12. The van der Waals surface area contributed by atoms with Gasteiger partial charge in [-0.15, -0.1) is 0 Å². The zero-order valence-electron chi connectivity index (χ0n) is 26.5. The van der Waals surface area contributed by atoms with Gasteiger partial charge in [-0.05, 0) is 55.9 Å². The van der Waals surface area contributed by atoms with Crippen LogP contribution in [0.2, 0.25) is 0 Å². The van der Waals surface area contributed by atoms with Crippen molar-refractivity contribution in [3.8, 4) is 0 Å². The summed E-state index contributed by atoms with van der Waals surface area (Å²) in [5.74, 6) is -2.49. The summed E-state index contributed by atoms with van der Waals surface area (Å²) < 4.78 is 11.3. The first-order chi connectivity index (χ1) is 21.9. The van der Waals surface area contributed by atoms with Gasteiger partial charge in [-0.3, -0.25) is 14.4 Å². The molecule has 4 rings (SSSR count). The molecule has 2 aromatic carbocycles. The van der Waals surface area contributed by atoms with Crippen molar-refractivity contribution in [2.75, 3.05) is 12.3 Å². The van der Waals surface area contributed by atoms with Crippen LogP contribution in [0.3, 0.4) is 0 Å². The number of thioether (sulfide) groups is 1. The second-order valence-corrected chi connectivity index (χ2v) is 12.7. The number of rotatable bonds is 14. The highest BCUT2D eigenvalue weighted by molar-refractivity contribution is 7.98. The van der Waals surface area contributed by atoms with Crippen molar-refractivity contribution in [1.29, 1.82) is 0 Å². The van der Waals surface area contributed by atoms with Crippen molar-refractivity contribution in [2.45, 2.75) is 65.3 Å². The average Bonchev–Trinajstić information content (AvgIpc) is 3.39. The van der Waals surface area contributed by atoms with Crippen LogP contribution in [-0.2, 0) is 31.4 Å². The fourth-order valence-electron chi connectivity index (χ4n) is 5.18. The molecule has 0 aliphatic rings. The minimum absolute atomic E-state index is 0.0641. The largest absolute Gasteiger partial charge is 0.480 e. The summed E-state index contributed by atoms with van der Waals surface area (Å²) in [5.41, 5.74) is 4.38. The number of carbonyl (C=O) groups excluding carboxylic acids is 3. The van der Waals surface area contributed by atoms with E-state index in [1.807, 2.05) is 57.2 Å². The van der Waals surface area contributed by atoms with Gasteiger partial charge in [0, 0.05) is 39.8 Å². The maximum Gasteiger partial charge on any atom is 0.339 e. The molecule has 0 aliphatic heterocycles. The Bertz CT molecular complexity index is 1810. The predicted molar refractivity (Wildman–Crippen MR) is 177 cm³/mol. The number of aryl methyl sites for hydroxylation is 3. The lowest BCUT2D eigenvalue weighted by molar-refractivity contribution is -0.141. The molecule has 0 saturated heterocycles. The second kappa shape index (κ2) is 15.1. The average molecular weight is 650 g/mol. The van der Waals surface area contributed by atoms with E-state index in [4.69, 9.17) is 8.83 Å². The molecule has 0 spiro atoms. The van der Waals surface area contributed by atoms with Crippen LogP contribution in [0.4, 0.5) is 0 Å². The van der Waals surface area contributed by atoms with Gasteiger partial charge in [-0.2, -0.15) is 11.8 Å². The van der Waals surface area contributed by atoms with Gasteiger partial charge in [-0.1, -0.05) is 44.2 Å². The van der Waals surface area contributed by atoms with E-state index in [9.17, 15) is 29.1 Å². The molecule has 4 aromatic rings. The quantitative estimate of drug-likeness (QED) is 0.147. The number of aliphatic carboxylic acids is 1. The zero-order chi connectivity index (χ0) is 33.5. The molecule has 4 N–H and O–H groups in total. The first-order valence-corrected chi connectivity index (χ1v) is 16.2. The fraction of sp³-hybridized carbons (Fsp3) is 0.382. The van der Waals surface area contributed by atoms with Crippen molar-refractivity contribution in [3.63, 3.8) is 0 Å². The summed E-state index contributed by atoms with van der Waals surface area (Å²) in [5, 5.41) is 19.0. The second-order valence-electron chi connectivity index (χ2n) is 11.6. The number of fused-ring (bicyclic) bond motifs is 2. The number of amides is 3. The van der Waals surface area contributed by atoms with Crippen molar-refractivity contribution >= 4 is 57.4 Å². The lowest BCUT2D eigenvalue weighted by Crippen LogP contribution is -2.55. The molecule has 0 bridgehead atoms. The summed E-state index contributed by atoms with van der Waals surface area (Å²) in [6, 6.07) is 9.33. The molecule has 0 fully saturated rings. The van der Waals surface area contributed by atoms with E-state index >= 15 is 0 Å². The van der Waals surface area contributed by atoms with Crippen LogP contribution >= 0.6 is 11.8 Å². The molecule has 0 saturated carbocycles. The Hall–Kier alpha value is -4.58. The molecule has 0 radical (unpaired) electrons. The van der Waals surface area contributed by atoms with E-state index in [0.717, 1.165) is 27.5 Å². The zero-order valence-corrected chi connectivity index (χ0v) is 27.3. The van der Waals surface area contributed by atoms with Gasteiger partial charge < -0.3 is 29.9 Å². The highest BCUT2D eigenvalue weighted by Gasteiger charge is 2.29. The number of nitrogens with one attached hydrogen (secondary N) is 3. The Balaban J connectivity index is 1.31. The molecule has 244 valence electrons. The Labute approximate surface area is 270 Å². The maximum atomic E-state index is 13.0. The number of carboxylic acid groups (broad SMARTS) is 1. The van der Waals surface area contributed by atoms with Crippen LogP contribution in [0.5, 0.6) is 0 Å². The first kappa shape index (κ1) is 34.3. The molecule has 12 heteroatoms. The van der Waals surface area contributed by atoms with Crippen LogP contribution in [0.15, 0.2) is 56.3 Å². The van der Waals surface area contributed by atoms with Gasteiger partial charge in [0.05, 0.1) is 12.8 Å². The van der Waals surface area contributed by atoms with Gasteiger partial charge in [0.15, 0.2) is 0 Å². The third-order valence-corrected chi connectivity index (χ3v) is 8.97. The van der Waals surface area contributed by atoms with Gasteiger partial charge >= 0.3 is 11.6 Å². The lowest BCUT2D eigenvalue weighted by Gasteiger charge is -2.24. The van der Waals surface area contributed by atoms with Crippen molar-refractivity contribution in [2.24, 2.45) is 5.92 Å². The van der Waals surface area contributed by atoms with Crippen molar-refractivity contribution < 1.29 is 33.1 Å². The normalized spacial score (nSPS) is 12.7. The smallest absolute Gasteiger partial charge is 0.339 e. The number of carbonyl (C=O) groups is 4. The third kappa shape index (κ3) is 8.16. The Morgan fingerprint density at radius 3 is 2.33 bits per heavy atom. The topological polar surface area (TPSA) is 168 Å². The molecule has 0 unspecified atom stereocenters. The Morgan fingerprint density at radius 1 is 0.935 bits per heavy atom. The lowest BCUT2D eigenvalue weighted by atomic mass is 9.98. The fourth-order valence-corrected chi connectivity index (χ4v) is 6.19. The monoisotopic (exact) mass is 649 g/mol. The summed E-state index contributed by atoms with van der Waals surface area (Å²) in [4.78, 5) is 63.0. The van der Waals surface area contributed by atoms with Crippen molar-refractivity contribution in [1.82, 2.24) is 16.0 Å². The molecular weight excluding hydrogens is 610 g/mol. The van der Waals surface area contributed by atoms with Gasteiger partial charge in [0.25, 0.3) is 0 Å². The molecule has 0 aliphatic carbocycles. The van der Waals surface area contributed by atoms with E-state index in [1.54, 1.807) is 20.1 Å². The third-order valence-electron chi connectivity index (χ3n) is 7.86. The van der Waals surface area contributed by atoms with Gasteiger partial charge in [0.1, 0.15) is 23.2 Å². The summed E-state index contributed by atoms with van der Waals surface area (Å²) in [6.07, 6.45) is 1.70. The van der Waals surface area contributed by atoms with Crippen LogP contribution in [0, 0.1) is 26.7 Å². The van der Waals surface area contributed by atoms with Gasteiger partial charge in [0.2, 0.25) is 17.7 Å². The highest BCUT2D eigenvalue weighted by atomic mass is 32.2. The molecule has 3 amide bonds. The highest BCUT2D eigenvalue weighted by Crippen LogP contribution is 2.32. The number of hydrogen-bond acceptors (Lipinski definition) is 8. The van der Waals surface area contributed by atoms with Crippen LogP contribution in [-0.4, -0.2) is 53.2 Å². The Kier molecular flexibility index (Phi) is 11.3. The van der Waals surface area contributed by atoms with Crippen LogP contribution < -0.4 is 21.6 Å². The maximum absolute atomic E-state index is 13.0. The van der Waals surface area contributed by atoms with Crippen molar-refractivity contribution in [3.05, 3.63) is 80.9 Å². The molecule has 46 heavy (non-hydrogen) atoms. The number of furan rings is 1. The summed E-state index contributed by atoms with van der Waals surface area (Å²) >= 11 is 1.38. The molecular formula is C34H39N3O8S. The van der Waals surface area contributed by atoms with E-state index in [1.165, 1.54) is 11.8 Å². The minimum atomic E-state index is -1.18. The Morgan fingerprint density at radius 2 is 1.65 bits per heavy atom. The molecule has 2 atom stereocenters. The standard InChI is InChI=1S/C34H39N3O8S/c1-18(2)29(32(40)36-26(33(41)42)17-46-16-22-9-7-6-8-10-22)37-28(39)14-35-27(38)12-11-23-20(4)25-13-24-19(3)15-44-30(24)21(5)31(25)45-34(23)43/h6-10,13,15,18,26,29H,11-12,14,16-17H2,1-5H3,(H,35,38)(H,36,40)(H,37,39)(H,41,42)/t26-,29-/m1/s1. The number of hydrogen-bond donors (Lipinski definition) is 4. The van der Waals surface area contributed by atoms with Gasteiger partial charge in [-0.25, -0.2) is 9.59 Å². The summed E-state index contributed by atoms with van der Waals surface area (Å²) in [6.45, 7) is 8.63. The van der Waals surface area contributed by atoms with Crippen LogP contribution in [0.25, 0.3) is 21.9 Å².